The highest BCUT2D eigenvalue weighted by Crippen LogP contribution is 2.44. The van der Waals surface area contributed by atoms with Gasteiger partial charge in [0.05, 0.1) is 0 Å². The molecule has 0 fully saturated rings. The molecule has 0 aliphatic rings. The van der Waals surface area contributed by atoms with Crippen molar-refractivity contribution in [1.29, 1.82) is 0 Å². The molecule has 3 heteroatoms. The zero-order valence-electron chi connectivity index (χ0n) is 28.0. The van der Waals surface area contributed by atoms with Crippen LogP contribution in [0.25, 0.3) is 86.9 Å². The molecule has 0 N–H and O–H groups in total. The van der Waals surface area contributed by atoms with E-state index in [1.807, 2.05) is 72.8 Å². The maximum absolute atomic E-state index is 14.4. The fourth-order valence-electron chi connectivity index (χ4n) is 7.72. The van der Waals surface area contributed by atoms with E-state index in [0.29, 0.717) is 11.5 Å². The van der Waals surface area contributed by atoms with Gasteiger partial charge in [0.1, 0.15) is 11.5 Å². The Balaban J connectivity index is 1.17. The number of hydrogen-bond donors (Lipinski definition) is 0. The zero-order chi connectivity index (χ0) is 34.6. The molecule has 0 spiro atoms. The monoisotopic (exact) mass is 666 g/mol. The maximum Gasteiger partial charge on any atom is 0.519 e. The van der Waals surface area contributed by atoms with Crippen LogP contribution in [0.15, 0.2) is 182 Å². The lowest BCUT2D eigenvalue weighted by Gasteiger charge is -2.18. The van der Waals surface area contributed by atoms with Gasteiger partial charge in [-0.2, -0.15) is 0 Å². The Bertz CT molecular complexity index is 2830. The standard InChI is InChI=1S/C49H30O3/c50-49(51-47-43(41-21-9-17-31-11-5-7-19-39(31)41)25-23-37-27-33-13-1-3-15-35(33)29-45(37)47)52-48-44(42-22-10-18-32-12-6-8-20-40(32)42)26-24-38-28-34-14-2-4-16-36(34)30-46(38)48/h1-30H. The van der Waals surface area contributed by atoms with Crippen molar-refractivity contribution in [2.45, 2.75) is 0 Å². The van der Waals surface area contributed by atoms with E-state index >= 15 is 0 Å². The van der Waals surface area contributed by atoms with Gasteiger partial charge in [-0.05, 0) is 101 Å². The number of benzene rings is 10. The molecule has 244 valence electrons. The third-order valence-electron chi connectivity index (χ3n) is 10.2. The van der Waals surface area contributed by atoms with E-state index < -0.39 is 6.16 Å². The highest BCUT2D eigenvalue weighted by atomic mass is 16.7. The van der Waals surface area contributed by atoms with E-state index in [1.54, 1.807) is 0 Å². The van der Waals surface area contributed by atoms with E-state index in [0.717, 1.165) is 86.9 Å². The van der Waals surface area contributed by atoms with E-state index in [2.05, 4.69) is 109 Å². The van der Waals surface area contributed by atoms with Gasteiger partial charge < -0.3 is 9.47 Å². The predicted molar refractivity (Wildman–Crippen MR) is 215 cm³/mol. The van der Waals surface area contributed by atoms with Crippen molar-refractivity contribution < 1.29 is 14.3 Å². The van der Waals surface area contributed by atoms with Crippen molar-refractivity contribution in [1.82, 2.24) is 0 Å². The number of fused-ring (bicyclic) bond motifs is 6. The van der Waals surface area contributed by atoms with Gasteiger partial charge in [-0.15, -0.1) is 0 Å². The van der Waals surface area contributed by atoms with Crippen LogP contribution < -0.4 is 9.47 Å². The lowest BCUT2D eigenvalue weighted by atomic mass is 9.94. The summed E-state index contributed by atoms with van der Waals surface area (Å²) in [5.41, 5.74) is 3.58. The normalized spacial score (nSPS) is 11.5. The van der Waals surface area contributed by atoms with Gasteiger partial charge in [-0.1, -0.05) is 146 Å². The molecule has 0 heterocycles. The molecule has 0 amide bonds. The third kappa shape index (κ3) is 5.02. The van der Waals surface area contributed by atoms with Gasteiger partial charge in [0.2, 0.25) is 0 Å². The second-order valence-corrected chi connectivity index (χ2v) is 13.2. The quantitative estimate of drug-likeness (QED) is 0.107. The van der Waals surface area contributed by atoms with E-state index in [1.165, 1.54) is 0 Å². The van der Waals surface area contributed by atoms with Crippen LogP contribution in [0.3, 0.4) is 0 Å². The largest absolute Gasteiger partial charge is 0.519 e. The first-order chi connectivity index (χ1) is 25.7. The minimum Gasteiger partial charge on any atom is -0.393 e. The van der Waals surface area contributed by atoms with E-state index in [4.69, 9.17) is 9.47 Å². The summed E-state index contributed by atoms with van der Waals surface area (Å²) in [6.45, 7) is 0. The van der Waals surface area contributed by atoms with Gasteiger partial charge in [0.15, 0.2) is 0 Å². The third-order valence-corrected chi connectivity index (χ3v) is 10.2. The SMILES string of the molecule is O=C(Oc1c(-c2cccc3ccccc23)ccc2cc3ccccc3cc12)Oc1c(-c2cccc3ccccc23)ccc2cc3ccccc3cc12. The molecule has 10 aromatic carbocycles. The van der Waals surface area contributed by atoms with Crippen LogP contribution in [0.4, 0.5) is 4.79 Å². The highest BCUT2D eigenvalue weighted by molar-refractivity contribution is 6.09. The molecule has 0 saturated heterocycles. The fraction of sp³-hybridized carbons (Fsp3) is 0. The molecule has 0 aromatic heterocycles. The van der Waals surface area contributed by atoms with Crippen LogP contribution in [-0.4, -0.2) is 6.16 Å². The summed E-state index contributed by atoms with van der Waals surface area (Å²) in [6.07, 6.45) is -0.802. The number of carbonyl (C=O) groups is 1. The predicted octanol–water partition coefficient (Wildman–Crippen LogP) is 13.5. The lowest BCUT2D eigenvalue weighted by Crippen LogP contribution is -2.15. The molecule has 0 unspecified atom stereocenters. The summed E-state index contributed by atoms with van der Waals surface area (Å²) >= 11 is 0. The average Bonchev–Trinajstić information content (AvgIpc) is 3.19. The number of carbonyl (C=O) groups excluding carboxylic acids is 1. The summed E-state index contributed by atoms with van der Waals surface area (Å²) in [5, 5.41) is 12.3. The van der Waals surface area contributed by atoms with Gasteiger partial charge in [-0.3, -0.25) is 0 Å². The highest BCUT2D eigenvalue weighted by Gasteiger charge is 2.22. The maximum atomic E-state index is 14.4. The van der Waals surface area contributed by atoms with Crippen LogP contribution in [0.1, 0.15) is 0 Å². The number of rotatable bonds is 4. The van der Waals surface area contributed by atoms with Gasteiger partial charge >= 0.3 is 6.16 Å². The fourth-order valence-corrected chi connectivity index (χ4v) is 7.72. The average molecular weight is 667 g/mol. The van der Waals surface area contributed by atoms with Crippen molar-refractivity contribution in [3.8, 4) is 33.8 Å². The molecule has 0 atom stereocenters. The summed E-state index contributed by atoms with van der Waals surface area (Å²) in [6, 6.07) is 62.3. The Labute approximate surface area is 299 Å². The van der Waals surface area contributed by atoms with Gasteiger partial charge in [0.25, 0.3) is 0 Å². The Morgan fingerprint density at radius 1 is 0.288 bits per heavy atom. The Hall–Kier alpha value is -6.97. The summed E-state index contributed by atoms with van der Waals surface area (Å²) in [7, 11) is 0. The molecule has 52 heavy (non-hydrogen) atoms. The van der Waals surface area contributed by atoms with Crippen molar-refractivity contribution in [3.63, 3.8) is 0 Å². The molecule has 0 saturated carbocycles. The lowest BCUT2D eigenvalue weighted by molar-refractivity contribution is 0.153. The van der Waals surface area contributed by atoms with Crippen molar-refractivity contribution in [3.05, 3.63) is 182 Å². The molecule has 0 radical (unpaired) electrons. The van der Waals surface area contributed by atoms with Crippen molar-refractivity contribution in [2.75, 3.05) is 0 Å². The molecular weight excluding hydrogens is 637 g/mol. The smallest absolute Gasteiger partial charge is 0.393 e. The van der Waals surface area contributed by atoms with Gasteiger partial charge in [0, 0.05) is 21.9 Å². The summed E-state index contributed by atoms with van der Waals surface area (Å²) in [4.78, 5) is 14.4. The minimum atomic E-state index is -0.802. The first-order valence-corrected chi connectivity index (χ1v) is 17.4. The number of ether oxygens (including phenoxy) is 2. The molecule has 0 aliphatic carbocycles. The van der Waals surface area contributed by atoms with Crippen LogP contribution >= 0.6 is 0 Å². The van der Waals surface area contributed by atoms with Gasteiger partial charge in [-0.25, -0.2) is 4.79 Å². The molecule has 10 aromatic rings. The second kappa shape index (κ2) is 12.1. The van der Waals surface area contributed by atoms with E-state index in [-0.39, 0.29) is 0 Å². The van der Waals surface area contributed by atoms with Crippen LogP contribution in [-0.2, 0) is 0 Å². The molecule has 10 rings (SSSR count). The van der Waals surface area contributed by atoms with Crippen LogP contribution in [0.2, 0.25) is 0 Å². The van der Waals surface area contributed by atoms with E-state index in [9.17, 15) is 4.79 Å². The first-order valence-electron chi connectivity index (χ1n) is 17.4. The number of hydrogen-bond acceptors (Lipinski definition) is 3. The van der Waals surface area contributed by atoms with Crippen molar-refractivity contribution >= 4 is 70.8 Å². The summed E-state index contributed by atoms with van der Waals surface area (Å²) in [5.74, 6) is 0.920. The minimum absolute atomic E-state index is 0.460. The van der Waals surface area contributed by atoms with Crippen molar-refractivity contribution in [2.24, 2.45) is 0 Å². The first kappa shape index (κ1) is 29.9. The van der Waals surface area contributed by atoms with Crippen LogP contribution in [0, 0.1) is 0 Å². The molecule has 0 bridgehead atoms. The Kier molecular flexibility index (Phi) is 6.97. The molecule has 0 aliphatic heterocycles. The molecular formula is C49H30O3. The second-order valence-electron chi connectivity index (χ2n) is 13.2. The Morgan fingerprint density at radius 3 is 1.10 bits per heavy atom. The topological polar surface area (TPSA) is 35.5 Å². The zero-order valence-corrected chi connectivity index (χ0v) is 28.0. The Morgan fingerprint density at radius 2 is 0.654 bits per heavy atom. The molecule has 3 nitrogen and oxygen atoms in total. The summed E-state index contributed by atoms with van der Waals surface area (Å²) < 4.78 is 12.9. The van der Waals surface area contributed by atoms with Crippen LogP contribution in [0.5, 0.6) is 11.5 Å².